The lowest BCUT2D eigenvalue weighted by Gasteiger charge is -2.07. The number of halogens is 1. The Morgan fingerprint density at radius 3 is 2.89 bits per heavy atom. The van der Waals surface area contributed by atoms with Crippen molar-refractivity contribution in [2.75, 3.05) is 5.32 Å². The fourth-order valence-corrected chi connectivity index (χ4v) is 4.05. The third kappa shape index (κ3) is 2.01. The van der Waals surface area contributed by atoms with Crippen molar-refractivity contribution in [2.24, 2.45) is 0 Å². The smallest absolute Gasteiger partial charge is 0.263 e. The lowest BCUT2D eigenvalue weighted by atomic mass is 10.1. The van der Waals surface area contributed by atoms with Gasteiger partial charge in [-0.05, 0) is 22.5 Å². The van der Waals surface area contributed by atoms with E-state index < -0.39 is 0 Å². The molecule has 18 heavy (non-hydrogen) atoms. The average Bonchev–Trinajstić information content (AvgIpc) is 2.71. The van der Waals surface area contributed by atoms with Gasteiger partial charge in [0.1, 0.15) is 10.0 Å². The van der Waals surface area contributed by atoms with Crippen molar-refractivity contribution in [1.82, 2.24) is 4.98 Å². The Morgan fingerprint density at radius 2 is 2.11 bits per heavy atom. The van der Waals surface area contributed by atoms with Crippen LogP contribution in [0.2, 0.25) is 5.02 Å². The van der Waals surface area contributed by atoms with E-state index in [1.165, 1.54) is 10.3 Å². The van der Waals surface area contributed by atoms with Crippen LogP contribution in [-0.4, -0.2) is 4.98 Å². The number of nitrogens with one attached hydrogen (secondary N) is 1. The van der Waals surface area contributed by atoms with Crippen molar-refractivity contribution in [3.8, 4) is 0 Å². The molecular weight excluding hydrogens is 288 g/mol. The molecule has 0 saturated heterocycles. The predicted octanol–water partition coefficient (Wildman–Crippen LogP) is 4.12. The van der Waals surface area contributed by atoms with Gasteiger partial charge < -0.3 is 5.32 Å². The van der Waals surface area contributed by atoms with Crippen LogP contribution in [0.5, 0.6) is 0 Å². The molecule has 0 fully saturated rings. The van der Waals surface area contributed by atoms with Crippen molar-refractivity contribution < 1.29 is 0 Å². The lowest BCUT2D eigenvalue weighted by Crippen LogP contribution is -1.93. The number of nitrogens with zero attached hydrogens (tertiary/aromatic N) is 1. The second-order valence-corrected chi connectivity index (χ2v) is 6.11. The Balaban J connectivity index is 2.10. The number of fused-ring (bicyclic) bond motifs is 1. The molecular formula is C12H7ClN2OS2. The normalized spacial score (nSPS) is 10.7. The van der Waals surface area contributed by atoms with Crippen molar-refractivity contribution >= 4 is 53.7 Å². The zero-order valence-corrected chi connectivity index (χ0v) is 11.4. The molecule has 0 unspecified atom stereocenters. The summed E-state index contributed by atoms with van der Waals surface area (Å²) in [6, 6.07) is 7.81. The molecule has 3 nitrogen and oxygen atoms in total. The maximum atomic E-state index is 11.3. The second-order valence-electron chi connectivity index (χ2n) is 3.62. The van der Waals surface area contributed by atoms with E-state index in [-0.39, 0.29) is 9.77 Å². The molecule has 0 spiro atoms. The van der Waals surface area contributed by atoms with Crippen LogP contribution in [-0.2, 0) is 0 Å². The van der Waals surface area contributed by atoms with Gasteiger partial charge in [0.25, 0.3) is 4.74 Å². The summed E-state index contributed by atoms with van der Waals surface area (Å²) in [4.78, 5) is 15.4. The largest absolute Gasteiger partial charge is 0.345 e. The number of aromatic nitrogens is 1. The van der Waals surface area contributed by atoms with E-state index in [9.17, 15) is 4.79 Å². The number of hydrogen-bond acceptors (Lipinski definition) is 5. The Hall–Kier alpha value is -1.43. The highest BCUT2D eigenvalue weighted by Gasteiger charge is 2.09. The van der Waals surface area contributed by atoms with E-state index in [2.05, 4.69) is 10.3 Å². The number of pyridine rings is 1. The predicted molar refractivity (Wildman–Crippen MR) is 78.5 cm³/mol. The molecule has 3 rings (SSSR count). The standard InChI is InChI=1S/C12H7ClN2OS2/c13-10-11(17-18-12(10)16)15-9-3-1-2-7-6-14-5-4-8(7)9/h1-6,15H. The molecule has 90 valence electrons. The van der Waals surface area contributed by atoms with Crippen LogP contribution >= 0.6 is 32.3 Å². The Labute approximate surface area is 115 Å². The van der Waals surface area contributed by atoms with E-state index >= 15 is 0 Å². The SMILES string of the molecule is O=c1ssc(Nc2cccc3cnccc23)c1Cl. The quantitative estimate of drug-likeness (QED) is 0.723. The first kappa shape index (κ1) is 11.6. The van der Waals surface area contributed by atoms with E-state index in [0.29, 0.717) is 5.00 Å². The molecule has 0 bridgehead atoms. The van der Waals surface area contributed by atoms with E-state index in [4.69, 9.17) is 11.6 Å². The van der Waals surface area contributed by atoms with Crippen molar-refractivity contribution in [2.45, 2.75) is 0 Å². The van der Waals surface area contributed by atoms with Gasteiger partial charge in [0.15, 0.2) is 0 Å². The maximum absolute atomic E-state index is 11.3. The molecule has 0 aliphatic carbocycles. The number of rotatable bonds is 2. The molecule has 2 aromatic heterocycles. The van der Waals surface area contributed by atoms with Gasteiger partial charge in [0.2, 0.25) is 0 Å². The van der Waals surface area contributed by atoms with Crippen molar-refractivity contribution in [1.29, 1.82) is 0 Å². The first-order valence-corrected chi connectivity index (χ1v) is 7.67. The molecule has 0 saturated carbocycles. The van der Waals surface area contributed by atoms with Crippen LogP contribution in [0, 0.1) is 0 Å². The van der Waals surface area contributed by atoms with Gasteiger partial charge >= 0.3 is 0 Å². The van der Waals surface area contributed by atoms with E-state index in [0.717, 1.165) is 26.8 Å². The van der Waals surface area contributed by atoms with Crippen LogP contribution < -0.4 is 10.1 Å². The molecule has 1 N–H and O–H groups in total. The summed E-state index contributed by atoms with van der Waals surface area (Å²) in [7, 11) is 2.49. The molecule has 1 aromatic carbocycles. The highest BCUT2D eigenvalue weighted by atomic mass is 35.5. The number of benzene rings is 1. The molecule has 0 amide bonds. The molecule has 3 aromatic rings. The lowest BCUT2D eigenvalue weighted by molar-refractivity contribution is 1.36. The van der Waals surface area contributed by atoms with Gasteiger partial charge in [-0.3, -0.25) is 9.78 Å². The maximum Gasteiger partial charge on any atom is 0.263 e. The summed E-state index contributed by atoms with van der Waals surface area (Å²) in [6.07, 6.45) is 3.55. The minimum absolute atomic E-state index is 0.105. The first-order chi connectivity index (χ1) is 8.75. The first-order valence-electron chi connectivity index (χ1n) is 5.14. The molecule has 0 radical (unpaired) electrons. The number of hydrogen-bond donors (Lipinski definition) is 1. The summed E-state index contributed by atoms with van der Waals surface area (Å²) < 4.78 is -0.105. The van der Waals surface area contributed by atoms with Crippen molar-refractivity contribution in [3.63, 3.8) is 0 Å². The van der Waals surface area contributed by atoms with Crippen LogP contribution in [0.4, 0.5) is 10.7 Å². The molecule has 2 heterocycles. The van der Waals surface area contributed by atoms with Crippen LogP contribution in [0.3, 0.4) is 0 Å². The molecule has 6 heteroatoms. The van der Waals surface area contributed by atoms with E-state index in [1.54, 1.807) is 12.4 Å². The van der Waals surface area contributed by atoms with Crippen LogP contribution in [0.1, 0.15) is 0 Å². The summed E-state index contributed by atoms with van der Waals surface area (Å²) in [5, 5.41) is 6.25. The highest BCUT2D eigenvalue weighted by molar-refractivity contribution is 7.70. The monoisotopic (exact) mass is 294 g/mol. The molecule has 0 aliphatic rings. The van der Waals surface area contributed by atoms with E-state index in [1.807, 2.05) is 24.3 Å². The van der Waals surface area contributed by atoms with Crippen LogP contribution in [0.25, 0.3) is 10.8 Å². The molecule has 0 atom stereocenters. The summed E-state index contributed by atoms with van der Waals surface area (Å²) in [5.41, 5.74) is 0.922. The summed E-state index contributed by atoms with van der Waals surface area (Å²) in [6.45, 7) is 0. The topological polar surface area (TPSA) is 42.0 Å². The number of anilines is 2. The molecule has 0 aliphatic heterocycles. The second kappa shape index (κ2) is 4.68. The van der Waals surface area contributed by atoms with Gasteiger partial charge in [-0.1, -0.05) is 34.1 Å². The fourth-order valence-electron chi connectivity index (χ4n) is 1.67. The van der Waals surface area contributed by atoms with Gasteiger partial charge in [0.05, 0.1) is 0 Å². The van der Waals surface area contributed by atoms with Gasteiger partial charge in [-0.2, -0.15) is 0 Å². The minimum Gasteiger partial charge on any atom is -0.345 e. The third-order valence-corrected chi connectivity index (χ3v) is 5.21. The van der Waals surface area contributed by atoms with Crippen LogP contribution in [0.15, 0.2) is 41.5 Å². The van der Waals surface area contributed by atoms with Crippen molar-refractivity contribution in [3.05, 3.63) is 51.2 Å². The highest BCUT2D eigenvalue weighted by Crippen LogP contribution is 2.33. The Kier molecular flexibility index (Phi) is 3.03. The Morgan fingerprint density at radius 1 is 1.22 bits per heavy atom. The average molecular weight is 295 g/mol. The summed E-state index contributed by atoms with van der Waals surface area (Å²) >= 11 is 5.94. The van der Waals surface area contributed by atoms with Gasteiger partial charge in [-0.25, -0.2) is 0 Å². The third-order valence-electron chi connectivity index (χ3n) is 2.51. The van der Waals surface area contributed by atoms with Gasteiger partial charge in [-0.15, -0.1) is 0 Å². The zero-order valence-electron chi connectivity index (χ0n) is 9.01. The zero-order chi connectivity index (χ0) is 12.5. The fraction of sp³-hybridized carbons (Fsp3) is 0. The summed E-state index contributed by atoms with van der Waals surface area (Å²) in [5.74, 6) is 0. The Bertz CT molecular complexity index is 761. The minimum atomic E-state index is -0.105. The van der Waals surface area contributed by atoms with Gasteiger partial charge in [0, 0.05) is 28.9 Å².